The fraction of sp³-hybridized carbons (Fsp3) is 0.857. The van der Waals surface area contributed by atoms with E-state index in [1.807, 2.05) is 14.7 Å². The normalized spacial score (nSPS) is 17.5. The highest BCUT2D eigenvalue weighted by Crippen LogP contribution is 2.30. The van der Waals surface area contributed by atoms with Crippen LogP contribution in [0, 0.1) is 0 Å². The van der Waals surface area contributed by atoms with Crippen LogP contribution in [0.25, 0.3) is 0 Å². The Morgan fingerprint density at radius 1 is 0.567 bits per heavy atom. The second-order valence-electron chi connectivity index (χ2n) is 8.88. The summed E-state index contributed by atoms with van der Waals surface area (Å²) < 4.78 is 15.8. The van der Waals surface area contributed by atoms with Crippen LogP contribution in [0.3, 0.4) is 0 Å². The van der Waals surface area contributed by atoms with Crippen molar-refractivity contribution >= 4 is 17.9 Å². The van der Waals surface area contributed by atoms with Crippen LogP contribution in [0.15, 0.2) is 0 Å². The Morgan fingerprint density at radius 3 is 0.933 bits per heavy atom. The third-order valence-electron chi connectivity index (χ3n) is 5.72. The average molecular weight is 430 g/mol. The van der Waals surface area contributed by atoms with Gasteiger partial charge in [-0.3, -0.25) is 29.1 Å². The largest absolute Gasteiger partial charge is 0.465 e. The Labute approximate surface area is 180 Å². The fourth-order valence-corrected chi connectivity index (χ4v) is 3.12. The molecule has 9 heteroatoms. The smallest absolute Gasteiger partial charge is 0.326 e. The molecule has 0 aromatic carbocycles. The molecule has 30 heavy (non-hydrogen) atoms. The van der Waals surface area contributed by atoms with E-state index in [4.69, 9.17) is 14.2 Å². The van der Waals surface area contributed by atoms with Gasteiger partial charge in [-0.15, -0.1) is 0 Å². The van der Waals surface area contributed by atoms with Gasteiger partial charge >= 0.3 is 17.9 Å². The monoisotopic (exact) mass is 429 g/mol. The van der Waals surface area contributed by atoms with Crippen molar-refractivity contribution in [1.82, 2.24) is 14.7 Å². The molecule has 0 spiro atoms. The van der Waals surface area contributed by atoms with E-state index in [1.165, 1.54) is 0 Å². The maximum Gasteiger partial charge on any atom is 0.326 e. The van der Waals surface area contributed by atoms with E-state index in [0.717, 1.165) is 0 Å². The van der Waals surface area contributed by atoms with Crippen LogP contribution >= 0.6 is 0 Å². The standard InChI is InChI=1S/C21H39N3O6/c1-10-28-16(25)19(4,5)22-13-23(20(6,7)17(26)29-11-2)15-24(14-22)21(8,9)18(27)30-12-3/h10-15H2,1-9H3. The molecule has 1 saturated heterocycles. The first-order valence-electron chi connectivity index (χ1n) is 10.5. The predicted molar refractivity (Wildman–Crippen MR) is 112 cm³/mol. The van der Waals surface area contributed by atoms with Crippen LogP contribution in [-0.2, 0) is 28.6 Å². The third-order valence-corrected chi connectivity index (χ3v) is 5.72. The van der Waals surface area contributed by atoms with Crippen molar-refractivity contribution in [3.63, 3.8) is 0 Å². The van der Waals surface area contributed by atoms with E-state index < -0.39 is 16.6 Å². The minimum atomic E-state index is -0.970. The van der Waals surface area contributed by atoms with E-state index in [1.54, 1.807) is 62.3 Å². The molecule has 1 fully saturated rings. The lowest BCUT2D eigenvalue weighted by atomic mass is 9.98. The number of nitrogens with zero attached hydrogens (tertiary/aromatic N) is 3. The molecule has 1 aliphatic rings. The molecule has 0 amide bonds. The quantitative estimate of drug-likeness (QED) is 0.402. The summed E-state index contributed by atoms with van der Waals surface area (Å²) in [5.41, 5.74) is -2.91. The molecule has 1 rings (SSSR count). The van der Waals surface area contributed by atoms with E-state index in [0.29, 0.717) is 20.0 Å². The summed E-state index contributed by atoms with van der Waals surface area (Å²) in [6, 6.07) is 0. The van der Waals surface area contributed by atoms with Crippen molar-refractivity contribution in [1.29, 1.82) is 0 Å². The van der Waals surface area contributed by atoms with Gasteiger partial charge in [0, 0.05) is 0 Å². The summed E-state index contributed by atoms with van der Waals surface area (Å²) in [6.45, 7) is 17.7. The number of hydrogen-bond donors (Lipinski definition) is 0. The molecule has 1 aliphatic heterocycles. The first kappa shape index (κ1) is 26.3. The Morgan fingerprint density at radius 2 is 0.767 bits per heavy atom. The molecule has 0 atom stereocenters. The number of ether oxygens (including phenoxy) is 3. The lowest BCUT2D eigenvalue weighted by Gasteiger charge is -2.54. The summed E-state index contributed by atoms with van der Waals surface area (Å²) in [4.78, 5) is 43.7. The number of carbonyl (C=O) groups is 3. The maximum atomic E-state index is 12.7. The van der Waals surface area contributed by atoms with Crippen LogP contribution < -0.4 is 0 Å². The number of esters is 3. The highest BCUT2D eigenvalue weighted by molar-refractivity contribution is 5.81. The highest BCUT2D eigenvalue weighted by atomic mass is 16.5. The van der Waals surface area contributed by atoms with Gasteiger partial charge in [-0.25, -0.2) is 0 Å². The van der Waals surface area contributed by atoms with E-state index >= 15 is 0 Å². The van der Waals surface area contributed by atoms with Crippen LogP contribution in [-0.4, -0.2) is 89.1 Å². The lowest BCUT2D eigenvalue weighted by Crippen LogP contribution is -2.71. The van der Waals surface area contributed by atoms with Gasteiger partial charge < -0.3 is 14.2 Å². The average Bonchev–Trinajstić information content (AvgIpc) is 2.68. The molecule has 0 aromatic heterocycles. The maximum absolute atomic E-state index is 12.7. The minimum Gasteiger partial charge on any atom is -0.465 e. The van der Waals surface area contributed by atoms with Gasteiger partial charge in [0.1, 0.15) is 16.6 Å². The molecular formula is C21H39N3O6. The van der Waals surface area contributed by atoms with Gasteiger partial charge in [0.25, 0.3) is 0 Å². The summed E-state index contributed by atoms with van der Waals surface area (Å²) in [6.07, 6.45) is 0. The SMILES string of the molecule is CCOC(=O)C(C)(C)N1CN(C(C)(C)C(=O)OCC)CN(C(C)(C)C(=O)OCC)C1. The van der Waals surface area contributed by atoms with Gasteiger partial charge in [0.05, 0.1) is 39.8 Å². The van der Waals surface area contributed by atoms with Crippen molar-refractivity contribution in [2.75, 3.05) is 39.8 Å². The second-order valence-corrected chi connectivity index (χ2v) is 8.88. The zero-order valence-electron chi connectivity index (χ0n) is 20.0. The van der Waals surface area contributed by atoms with Crippen LogP contribution in [0.1, 0.15) is 62.3 Å². The molecule has 0 aromatic rings. The number of hydrogen-bond acceptors (Lipinski definition) is 9. The zero-order valence-corrected chi connectivity index (χ0v) is 20.0. The fourth-order valence-electron chi connectivity index (χ4n) is 3.12. The van der Waals surface area contributed by atoms with E-state index in [2.05, 4.69) is 0 Å². The molecule has 0 bridgehead atoms. The van der Waals surface area contributed by atoms with Crippen molar-refractivity contribution in [3.8, 4) is 0 Å². The predicted octanol–water partition coefficient (Wildman–Crippen LogP) is 1.80. The summed E-state index contributed by atoms with van der Waals surface area (Å²) in [5.74, 6) is -1.10. The van der Waals surface area contributed by atoms with Crippen LogP contribution in [0.5, 0.6) is 0 Å². The molecule has 0 saturated carbocycles. The van der Waals surface area contributed by atoms with Crippen LogP contribution in [0.4, 0.5) is 0 Å². The molecule has 0 aliphatic carbocycles. The van der Waals surface area contributed by atoms with Crippen molar-refractivity contribution in [3.05, 3.63) is 0 Å². The first-order valence-corrected chi connectivity index (χ1v) is 10.5. The molecule has 1 heterocycles. The van der Waals surface area contributed by atoms with Crippen molar-refractivity contribution in [2.24, 2.45) is 0 Å². The summed E-state index contributed by atoms with van der Waals surface area (Å²) in [5, 5.41) is 0. The minimum absolute atomic E-state index is 0.270. The summed E-state index contributed by atoms with van der Waals surface area (Å²) in [7, 11) is 0. The van der Waals surface area contributed by atoms with E-state index in [9.17, 15) is 14.4 Å². The topological polar surface area (TPSA) is 88.6 Å². The molecule has 0 radical (unpaired) electrons. The van der Waals surface area contributed by atoms with Gasteiger partial charge in [0.2, 0.25) is 0 Å². The second kappa shape index (κ2) is 10.1. The molecule has 0 N–H and O–H groups in total. The number of rotatable bonds is 9. The van der Waals surface area contributed by atoms with Crippen LogP contribution in [0.2, 0.25) is 0 Å². The Kier molecular flexibility index (Phi) is 8.83. The van der Waals surface area contributed by atoms with E-state index in [-0.39, 0.29) is 37.7 Å². The highest BCUT2D eigenvalue weighted by Gasteiger charge is 2.49. The number of carbonyl (C=O) groups excluding carboxylic acids is 3. The van der Waals surface area contributed by atoms with Gasteiger partial charge in [-0.1, -0.05) is 0 Å². The Bertz CT molecular complexity index is 541. The molecular weight excluding hydrogens is 390 g/mol. The Balaban J connectivity index is 3.33. The molecule has 0 unspecified atom stereocenters. The summed E-state index contributed by atoms with van der Waals surface area (Å²) >= 11 is 0. The lowest BCUT2D eigenvalue weighted by molar-refractivity contribution is -0.189. The molecule has 174 valence electrons. The first-order chi connectivity index (χ1) is 13.8. The van der Waals surface area contributed by atoms with Crippen molar-refractivity contribution < 1.29 is 28.6 Å². The Hall–Kier alpha value is -1.71. The van der Waals surface area contributed by atoms with Crippen molar-refractivity contribution in [2.45, 2.75) is 78.9 Å². The van der Waals surface area contributed by atoms with Gasteiger partial charge in [-0.05, 0) is 62.3 Å². The molecule has 9 nitrogen and oxygen atoms in total. The van der Waals surface area contributed by atoms with Gasteiger partial charge in [-0.2, -0.15) is 0 Å². The third kappa shape index (κ3) is 5.50. The van der Waals surface area contributed by atoms with Gasteiger partial charge in [0.15, 0.2) is 0 Å². The zero-order chi connectivity index (χ0) is 23.3.